The monoisotopic (exact) mass is 304 g/mol. The molecule has 1 aliphatic carbocycles. The summed E-state index contributed by atoms with van der Waals surface area (Å²) in [4.78, 5) is 4.19. The smallest absolute Gasteiger partial charge is 0.210 e. The van der Waals surface area contributed by atoms with Crippen molar-refractivity contribution < 1.29 is 8.78 Å². The van der Waals surface area contributed by atoms with Gasteiger partial charge in [-0.3, -0.25) is 5.43 Å². The zero-order chi connectivity index (χ0) is 12.4. The fourth-order valence-corrected chi connectivity index (χ4v) is 1.58. The van der Waals surface area contributed by atoms with Gasteiger partial charge in [0.1, 0.15) is 11.6 Å². The summed E-state index contributed by atoms with van der Waals surface area (Å²) < 4.78 is 26.6. The molecule has 17 heavy (non-hydrogen) atoms. The number of halogens is 3. The molecule has 2 rings (SSSR count). The fourth-order valence-electron chi connectivity index (χ4n) is 1.24. The summed E-state index contributed by atoms with van der Waals surface area (Å²) >= 11 is 2.98. The average molecular weight is 305 g/mol. The number of nitrogens with one attached hydrogen (secondary N) is 2. The van der Waals surface area contributed by atoms with E-state index in [1.807, 2.05) is 0 Å². The minimum absolute atomic E-state index is 0.107. The Bertz CT molecular complexity index is 460. The molecule has 0 atom stereocenters. The van der Waals surface area contributed by atoms with E-state index in [2.05, 4.69) is 31.7 Å². The van der Waals surface area contributed by atoms with Gasteiger partial charge in [0.2, 0.25) is 5.96 Å². The third-order valence-corrected chi connectivity index (χ3v) is 2.87. The van der Waals surface area contributed by atoms with Crippen molar-refractivity contribution in [1.29, 1.82) is 0 Å². The SMILES string of the molecule is NNC(=NC1CC1)Nc1cc(Br)c(F)cc1F. The van der Waals surface area contributed by atoms with E-state index in [4.69, 9.17) is 5.84 Å². The predicted molar refractivity (Wildman–Crippen MR) is 65.5 cm³/mol. The largest absolute Gasteiger partial charge is 0.323 e. The number of hydrogen-bond donors (Lipinski definition) is 3. The number of anilines is 1. The number of guanidine groups is 1. The number of nitrogens with two attached hydrogens (primary N) is 1. The van der Waals surface area contributed by atoms with E-state index < -0.39 is 11.6 Å². The van der Waals surface area contributed by atoms with Crippen molar-refractivity contribution in [3.05, 3.63) is 28.2 Å². The maximum Gasteiger partial charge on any atom is 0.210 e. The van der Waals surface area contributed by atoms with Crippen LogP contribution in [0, 0.1) is 11.6 Å². The molecule has 0 heterocycles. The van der Waals surface area contributed by atoms with Crippen LogP contribution in [0.1, 0.15) is 12.8 Å². The van der Waals surface area contributed by atoms with Crippen molar-refractivity contribution in [2.75, 3.05) is 5.32 Å². The highest BCUT2D eigenvalue weighted by atomic mass is 79.9. The number of aliphatic imine (C=N–C) groups is 1. The van der Waals surface area contributed by atoms with Gasteiger partial charge in [-0.05, 0) is 34.8 Å². The fraction of sp³-hybridized carbons (Fsp3) is 0.300. The Labute approximate surface area is 105 Å². The molecular weight excluding hydrogens is 294 g/mol. The third-order valence-electron chi connectivity index (χ3n) is 2.26. The van der Waals surface area contributed by atoms with Gasteiger partial charge in [0.05, 0.1) is 16.2 Å². The van der Waals surface area contributed by atoms with Crippen molar-refractivity contribution >= 4 is 27.6 Å². The lowest BCUT2D eigenvalue weighted by atomic mass is 10.3. The van der Waals surface area contributed by atoms with Crippen LogP contribution in [0.15, 0.2) is 21.6 Å². The second-order valence-corrected chi connectivity index (χ2v) is 4.58. The second kappa shape index (κ2) is 4.97. The Kier molecular flexibility index (Phi) is 3.58. The number of hydrazine groups is 1. The summed E-state index contributed by atoms with van der Waals surface area (Å²) in [5, 5.41) is 2.68. The first-order valence-electron chi connectivity index (χ1n) is 5.06. The molecule has 0 radical (unpaired) electrons. The topological polar surface area (TPSA) is 62.4 Å². The minimum atomic E-state index is -0.704. The zero-order valence-electron chi connectivity index (χ0n) is 8.80. The first kappa shape index (κ1) is 12.3. The maximum absolute atomic E-state index is 13.4. The summed E-state index contributed by atoms with van der Waals surface area (Å²) in [7, 11) is 0. The van der Waals surface area contributed by atoms with E-state index in [0.717, 1.165) is 18.9 Å². The molecule has 1 saturated carbocycles. The maximum atomic E-state index is 13.4. The molecule has 4 N–H and O–H groups in total. The molecule has 1 aromatic rings. The van der Waals surface area contributed by atoms with Gasteiger partial charge in [0.25, 0.3) is 0 Å². The molecule has 0 saturated heterocycles. The average Bonchev–Trinajstić information content (AvgIpc) is 3.08. The molecule has 0 aromatic heterocycles. The lowest BCUT2D eigenvalue weighted by Crippen LogP contribution is -2.36. The number of benzene rings is 1. The summed E-state index contributed by atoms with van der Waals surface area (Å²) in [5.41, 5.74) is 2.45. The first-order valence-corrected chi connectivity index (χ1v) is 5.85. The minimum Gasteiger partial charge on any atom is -0.323 e. The highest BCUT2D eigenvalue weighted by Gasteiger charge is 2.21. The van der Waals surface area contributed by atoms with Gasteiger partial charge < -0.3 is 5.32 Å². The van der Waals surface area contributed by atoms with Gasteiger partial charge in [0, 0.05) is 6.07 Å². The predicted octanol–water partition coefficient (Wildman–Crippen LogP) is 2.12. The van der Waals surface area contributed by atoms with E-state index in [0.29, 0.717) is 0 Å². The normalized spacial score (nSPS) is 15.9. The van der Waals surface area contributed by atoms with Gasteiger partial charge in [-0.1, -0.05) is 0 Å². The summed E-state index contributed by atoms with van der Waals surface area (Å²) in [6.45, 7) is 0. The van der Waals surface area contributed by atoms with Crippen LogP contribution in [0.3, 0.4) is 0 Å². The van der Waals surface area contributed by atoms with E-state index in [-0.39, 0.29) is 22.2 Å². The second-order valence-electron chi connectivity index (χ2n) is 3.72. The molecule has 1 aliphatic rings. The third kappa shape index (κ3) is 3.13. The molecule has 0 amide bonds. The van der Waals surface area contributed by atoms with Crippen LogP contribution in [-0.4, -0.2) is 12.0 Å². The number of hydrogen-bond acceptors (Lipinski definition) is 2. The molecule has 0 spiro atoms. The van der Waals surface area contributed by atoms with E-state index >= 15 is 0 Å². The molecule has 0 unspecified atom stereocenters. The van der Waals surface area contributed by atoms with Crippen molar-refractivity contribution in [3.8, 4) is 0 Å². The first-order chi connectivity index (χ1) is 8.10. The van der Waals surface area contributed by atoms with E-state index in [9.17, 15) is 8.78 Å². The Morgan fingerprint density at radius 1 is 1.35 bits per heavy atom. The van der Waals surface area contributed by atoms with Crippen molar-refractivity contribution in [3.63, 3.8) is 0 Å². The van der Waals surface area contributed by atoms with Crippen LogP contribution in [0.4, 0.5) is 14.5 Å². The van der Waals surface area contributed by atoms with Crippen LogP contribution in [0.5, 0.6) is 0 Å². The standard InChI is InChI=1S/C10H11BrF2N4/c11-6-3-9(8(13)4-7(6)12)16-10(17-14)15-5-1-2-5/h3-5H,1-2,14H2,(H2,15,16,17). The van der Waals surface area contributed by atoms with Crippen LogP contribution >= 0.6 is 15.9 Å². The molecular formula is C10H11BrF2N4. The van der Waals surface area contributed by atoms with Crippen molar-refractivity contribution in [2.24, 2.45) is 10.8 Å². The lowest BCUT2D eigenvalue weighted by molar-refractivity contribution is 0.581. The van der Waals surface area contributed by atoms with Gasteiger partial charge in [-0.15, -0.1) is 0 Å². The Balaban J connectivity index is 2.19. The van der Waals surface area contributed by atoms with Gasteiger partial charge in [-0.2, -0.15) is 0 Å². The quantitative estimate of drug-likeness (QED) is 0.258. The zero-order valence-corrected chi connectivity index (χ0v) is 10.4. The molecule has 1 fully saturated rings. The number of nitrogens with zero attached hydrogens (tertiary/aromatic N) is 1. The Morgan fingerprint density at radius 2 is 2.06 bits per heavy atom. The highest BCUT2D eigenvalue weighted by Crippen LogP contribution is 2.25. The summed E-state index contributed by atoms with van der Waals surface area (Å²) in [6, 6.07) is 2.32. The molecule has 0 aliphatic heterocycles. The molecule has 1 aromatic carbocycles. The van der Waals surface area contributed by atoms with Crippen LogP contribution in [0.2, 0.25) is 0 Å². The van der Waals surface area contributed by atoms with Crippen molar-refractivity contribution in [1.82, 2.24) is 5.43 Å². The van der Waals surface area contributed by atoms with E-state index in [1.54, 1.807) is 0 Å². The molecule has 0 bridgehead atoms. The molecule has 92 valence electrons. The van der Waals surface area contributed by atoms with Gasteiger partial charge in [0.15, 0.2) is 0 Å². The molecule has 4 nitrogen and oxygen atoms in total. The van der Waals surface area contributed by atoms with Crippen LogP contribution in [-0.2, 0) is 0 Å². The highest BCUT2D eigenvalue weighted by molar-refractivity contribution is 9.10. The Hall–Kier alpha value is -1.21. The summed E-state index contributed by atoms with van der Waals surface area (Å²) in [6.07, 6.45) is 2.00. The molecule has 7 heteroatoms. The van der Waals surface area contributed by atoms with Gasteiger partial charge >= 0.3 is 0 Å². The van der Waals surface area contributed by atoms with Crippen LogP contribution in [0.25, 0.3) is 0 Å². The lowest BCUT2D eigenvalue weighted by Gasteiger charge is -2.10. The van der Waals surface area contributed by atoms with E-state index in [1.165, 1.54) is 6.07 Å². The number of rotatable bonds is 2. The van der Waals surface area contributed by atoms with Crippen molar-refractivity contribution in [2.45, 2.75) is 18.9 Å². The Morgan fingerprint density at radius 3 is 2.65 bits per heavy atom. The van der Waals surface area contributed by atoms with Gasteiger partial charge in [-0.25, -0.2) is 19.6 Å². The van der Waals surface area contributed by atoms with Crippen LogP contribution < -0.4 is 16.6 Å². The summed E-state index contributed by atoms with van der Waals surface area (Å²) in [5.74, 6) is 4.17.